The fourth-order valence-electron chi connectivity index (χ4n) is 3.85. The number of aromatic amines is 1. The number of nitrogens with zero attached hydrogens (tertiary/aromatic N) is 1. The molecule has 1 fully saturated rings. The fraction of sp³-hybridized carbons (Fsp3) is 0.565. The van der Waals surface area contributed by atoms with Crippen LogP contribution in [0.3, 0.4) is 0 Å². The van der Waals surface area contributed by atoms with E-state index in [4.69, 9.17) is 17.0 Å². The number of rotatable bonds is 9. The van der Waals surface area contributed by atoms with Crippen molar-refractivity contribution in [2.45, 2.75) is 39.7 Å². The number of thiocarbonyl (C=S) groups is 1. The van der Waals surface area contributed by atoms with Crippen LogP contribution < -0.4 is 15.8 Å². The number of aromatic nitrogens is 1. The number of ether oxygens (including phenoxy) is 1. The van der Waals surface area contributed by atoms with Gasteiger partial charge in [-0.1, -0.05) is 25.5 Å². The lowest BCUT2D eigenvalue weighted by molar-refractivity contribution is -0.908. The van der Waals surface area contributed by atoms with Crippen LogP contribution in [-0.4, -0.2) is 60.9 Å². The Morgan fingerprint density at radius 1 is 1.27 bits per heavy atom. The van der Waals surface area contributed by atoms with Crippen molar-refractivity contribution in [3.8, 4) is 0 Å². The minimum absolute atomic E-state index is 0.0340. The lowest BCUT2D eigenvalue weighted by atomic mass is 10.1. The average Bonchev–Trinajstić information content (AvgIpc) is 2.74. The first-order valence-electron chi connectivity index (χ1n) is 11.1. The van der Waals surface area contributed by atoms with Gasteiger partial charge in [-0.2, -0.15) is 0 Å². The predicted molar refractivity (Wildman–Crippen MR) is 126 cm³/mol. The summed E-state index contributed by atoms with van der Waals surface area (Å²) in [4.78, 5) is 19.5. The molecule has 0 aliphatic carbocycles. The van der Waals surface area contributed by atoms with E-state index >= 15 is 0 Å². The molecule has 1 saturated heterocycles. The standard InChI is InChI=1S/C23H34N4O2S/c1-3-4-8-24-23(30)27(10-5-9-26-11-13-29-14-12-26)17-20-16-19-7-6-18(2)15-21(19)25-22(20)28/h6-7,15-16H,3-5,8-14,17H2,1-2H3,(H,24,30)(H,25,28)/p+1. The van der Waals surface area contributed by atoms with E-state index in [1.54, 1.807) is 4.90 Å². The molecule has 1 aromatic heterocycles. The molecule has 0 spiro atoms. The highest BCUT2D eigenvalue weighted by molar-refractivity contribution is 7.80. The zero-order chi connectivity index (χ0) is 21.3. The minimum Gasteiger partial charge on any atom is -0.370 e. The smallest absolute Gasteiger partial charge is 0.253 e. The van der Waals surface area contributed by atoms with E-state index in [0.29, 0.717) is 6.54 Å². The summed E-state index contributed by atoms with van der Waals surface area (Å²) in [5.74, 6) is 0. The summed E-state index contributed by atoms with van der Waals surface area (Å²) in [5.41, 5.74) is 2.74. The Kier molecular flexibility index (Phi) is 8.66. The summed E-state index contributed by atoms with van der Waals surface area (Å²) in [6.07, 6.45) is 3.25. The number of fused-ring (bicyclic) bond motifs is 1. The molecule has 6 nitrogen and oxygen atoms in total. The molecule has 0 amide bonds. The number of benzene rings is 1. The van der Waals surface area contributed by atoms with E-state index in [-0.39, 0.29) is 5.56 Å². The summed E-state index contributed by atoms with van der Waals surface area (Å²) in [6, 6.07) is 8.15. The molecule has 30 heavy (non-hydrogen) atoms. The zero-order valence-electron chi connectivity index (χ0n) is 18.3. The summed E-state index contributed by atoms with van der Waals surface area (Å²) < 4.78 is 5.45. The first kappa shape index (κ1) is 22.7. The van der Waals surface area contributed by atoms with Crippen molar-refractivity contribution in [3.63, 3.8) is 0 Å². The number of hydrogen-bond donors (Lipinski definition) is 3. The van der Waals surface area contributed by atoms with Gasteiger partial charge in [0.2, 0.25) is 0 Å². The Hall–Kier alpha value is -1.96. The van der Waals surface area contributed by atoms with Gasteiger partial charge in [0.15, 0.2) is 5.11 Å². The van der Waals surface area contributed by atoms with Gasteiger partial charge in [0.05, 0.1) is 26.3 Å². The number of pyridine rings is 1. The second-order valence-electron chi connectivity index (χ2n) is 8.19. The van der Waals surface area contributed by atoms with Crippen LogP contribution in [0.2, 0.25) is 0 Å². The molecule has 3 rings (SSSR count). The maximum absolute atomic E-state index is 12.7. The monoisotopic (exact) mass is 431 g/mol. The fourth-order valence-corrected chi connectivity index (χ4v) is 4.11. The van der Waals surface area contributed by atoms with Crippen LogP contribution in [0.4, 0.5) is 0 Å². The van der Waals surface area contributed by atoms with Crippen molar-refractivity contribution in [1.29, 1.82) is 0 Å². The van der Waals surface area contributed by atoms with Crippen LogP contribution in [-0.2, 0) is 11.3 Å². The highest BCUT2D eigenvalue weighted by atomic mass is 32.1. The molecule has 3 N–H and O–H groups in total. The van der Waals surface area contributed by atoms with E-state index in [0.717, 1.165) is 92.3 Å². The van der Waals surface area contributed by atoms with Crippen molar-refractivity contribution in [2.75, 3.05) is 45.9 Å². The molecule has 0 unspecified atom stereocenters. The number of quaternary nitrogens is 1. The van der Waals surface area contributed by atoms with Crippen molar-refractivity contribution < 1.29 is 9.64 Å². The van der Waals surface area contributed by atoms with Gasteiger partial charge in [0.1, 0.15) is 13.1 Å². The van der Waals surface area contributed by atoms with E-state index < -0.39 is 0 Å². The first-order chi connectivity index (χ1) is 14.6. The van der Waals surface area contributed by atoms with E-state index in [1.165, 1.54) is 0 Å². The summed E-state index contributed by atoms with van der Waals surface area (Å²) >= 11 is 5.69. The van der Waals surface area contributed by atoms with Gasteiger partial charge in [0.25, 0.3) is 5.56 Å². The number of nitrogens with one attached hydrogen (secondary N) is 3. The molecule has 0 atom stereocenters. The molecular weight excluding hydrogens is 396 g/mol. The molecule has 7 heteroatoms. The Morgan fingerprint density at radius 2 is 2.07 bits per heavy atom. The Morgan fingerprint density at radius 3 is 2.83 bits per heavy atom. The number of unbranched alkanes of at least 4 members (excludes halogenated alkanes) is 1. The Balaban J connectivity index is 1.69. The summed E-state index contributed by atoms with van der Waals surface area (Å²) in [6.45, 7) is 11.4. The zero-order valence-corrected chi connectivity index (χ0v) is 19.1. The second-order valence-corrected chi connectivity index (χ2v) is 8.57. The van der Waals surface area contributed by atoms with E-state index in [1.807, 2.05) is 19.1 Å². The van der Waals surface area contributed by atoms with E-state index in [9.17, 15) is 4.79 Å². The number of morpholine rings is 1. The third kappa shape index (κ3) is 6.52. The first-order valence-corrected chi connectivity index (χ1v) is 11.5. The van der Waals surface area contributed by atoms with Gasteiger partial charge in [-0.05, 0) is 48.6 Å². The highest BCUT2D eigenvalue weighted by Crippen LogP contribution is 2.14. The van der Waals surface area contributed by atoms with Gasteiger partial charge < -0.3 is 24.8 Å². The maximum Gasteiger partial charge on any atom is 0.253 e. The van der Waals surface area contributed by atoms with Crippen LogP contribution in [0.5, 0.6) is 0 Å². The van der Waals surface area contributed by atoms with Crippen molar-refractivity contribution in [2.24, 2.45) is 0 Å². The molecule has 0 radical (unpaired) electrons. The van der Waals surface area contributed by atoms with Crippen LogP contribution in [0.15, 0.2) is 29.1 Å². The molecule has 0 bridgehead atoms. The molecule has 2 heterocycles. The van der Waals surface area contributed by atoms with Crippen molar-refractivity contribution >= 4 is 28.2 Å². The SMILES string of the molecule is CCCCNC(=S)N(CCC[NH+]1CCOCC1)Cc1cc2ccc(C)cc2[nH]c1=O. The third-order valence-corrected chi connectivity index (χ3v) is 6.09. The molecule has 0 saturated carbocycles. The van der Waals surface area contributed by atoms with E-state index in [2.05, 4.69) is 34.3 Å². The molecular formula is C23H35N4O2S+. The van der Waals surface area contributed by atoms with Gasteiger partial charge in [-0.15, -0.1) is 0 Å². The lowest BCUT2D eigenvalue weighted by Gasteiger charge is -2.28. The second kappa shape index (κ2) is 11.4. The topological polar surface area (TPSA) is 61.8 Å². The Bertz CT molecular complexity index is 892. The minimum atomic E-state index is -0.0340. The van der Waals surface area contributed by atoms with Crippen molar-refractivity contribution in [3.05, 3.63) is 45.7 Å². The quantitative estimate of drug-likeness (QED) is 0.416. The average molecular weight is 432 g/mol. The number of H-pyrrole nitrogens is 1. The van der Waals surface area contributed by atoms with Crippen LogP contribution in [0.1, 0.15) is 37.3 Å². The molecule has 1 aliphatic heterocycles. The number of aryl methyl sites for hydroxylation is 1. The largest absolute Gasteiger partial charge is 0.370 e. The van der Waals surface area contributed by atoms with Gasteiger partial charge >= 0.3 is 0 Å². The molecule has 2 aromatic rings. The maximum atomic E-state index is 12.7. The van der Waals surface area contributed by atoms with Crippen LogP contribution in [0.25, 0.3) is 10.9 Å². The predicted octanol–water partition coefficient (Wildman–Crippen LogP) is 1.62. The van der Waals surface area contributed by atoms with Gasteiger partial charge in [-0.3, -0.25) is 4.79 Å². The number of hydrogen-bond acceptors (Lipinski definition) is 3. The lowest BCUT2D eigenvalue weighted by Crippen LogP contribution is -3.14. The normalized spacial score (nSPS) is 14.7. The third-order valence-electron chi connectivity index (χ3n) is 5.69. The van der Waals surface area contributed by atoms with Crippen LogP contribution >= 0.6 is 12.2 Å². The van der Waals surface area contributed by atoms with Crippen LogP contribution in [0, 0.1) is 6.92 Å². The highest BCUT2D eigenvalue weighted by Gasteiger charge is 2.17. The molecule has 1 aliphatic rings. The van der Waals surface area contributed by atoms with Gasteiger partial charge in [0, 0.05) is 30.6 Å². The molecule has 164 valence electrons. The summed E-state index contributed by atoms with van der Waals surface area (Å²) in [5, 5.41) is 5.17. The Labute approximate surface area is 184 Å². The van der Waals surface area contributed by atoms with Gasteiger partial charge in [-0.25, -0.2) is 0 Å². The molecule has 1 aromatic carbocycles. The van der Waals surface area contributed by atoms with Crippen molar-refractivity contribution in [1.82, 2.24) is 15.2 Å². The summed E-state index contributed by atoms with van der Waals surface area (Å²) in [7, 11) is 0.